The van der Waals surface area contributed by atoms with Gasteiger partial charge in [-0.1, -0.05) is 17.7 Å². The zero-order valence-electron chi connectivity index (χ0n) is 19.3. The fraction of sp³-hybridized carbons (Fsp3) is 0.154. The molecule has 2 N–H and O–H groups in total. The number of carbonyl (C=O) groups is 1. The predicted molar refractivity (Wildman–Crippen MR) is 137 cm³/mol. The van der Waals surface area contributed by atoms with Crippen LogP contribution in [0.25, 0.3) is 28.1 Å². The van der Waals surface area contributed by atoms with Gasteiger partial charge in [-0.3, -0.25) is 9.59 Å². The van der Waals surface area contributed by atoms with E-state index in [1.54, 1.807) is 21.4 Å². The molecule has 0 spiro atoms. The summed E-state index contributed by atoms with van der Waals surface area (Å²) >= 11 is 6.30. The van der Waals surface area contributed by atoms with Gasteiger partial charge in [0.15, 0.2) is 0 Å². The van der Waals surface area contributed by atoms with Gasteiger partial charge in [0.05, 0.1) is 23.8 Å². The van der Waals surface area contributed by atoms with Crippen LogP contribution in [-0.2, 0) is 17.6 Å². The van der Waals surface area contributed by atoms with Crippen molar-refractivity contribution in [3.05, 3.63) is 93.5 Å². The minimum absolute atomic E-state index is 0.000903. The van der Waals surface area contributed by atoms with E-state index in [4.69, 9.17) is 16.6 Å². The lowest BCUT2D eigenvalue weighted by atomic mass is 10.0. The van der Waals surface area contributed by atoms with E-state index in [1.807, 2.05) is 42.6 Å². The van der Waals surface area contributed by atoms with Crippen molar-refractivity contribution in [2.45, 2.75) is 25.3 Å². The highest BCUT2D eigenvalue weighted by Gasteiger charge is 2.28. The van der Waals surface area contributed by atoms with E-state index in [-0.39, 0.29) is 17.5 Å². The van der Waals surface area contributed by atoms with Crippen molar-refractivity contribution >= 4 is 23.2 Å². The van der Waals surface area contributed by atoms with Gasteiger partial charge in [0.25, 0.3) is 5.56 Å². The van der Waals surface area contributed by atoms with Crippen LogP contribution in [0.4, 0.5) is 5.69 Å². The third-order valence-corrected chi connectivity index (χ3v) is 7.17. The molecule has 2 aliphatic heterocycles. The number of fused-ring (bicyclic) bond motifs is 2. The van der Waals surface area contributed by atoms with Crippen LogP contribution in [0.3, 0.4) is 0 Å². The van der Waals surface area contributed by atoms with Gasteiger partial charge in [-0.15, -0.1) is 5.10 Å². The predicted octanol–water partition coefficient (Wildman–Crippen LogP) is 3.56. The van der Waals surface area contributed by atoms with Crippen molar-refractivity contribution in [2.75, 3.05) is 5.32 Å². The number of carbonyl (C=O) groups excluding carboxylic acids is 1. The van der Waals surface area contributed by atoms with Gasteiger partial charge in [0.1, 0.15) is 12.2 Å². The minimum atomic E-state index is -0.193. The number of hydrogen-bond donors (Lipinski definition) is 2. The molecule has 1 amide bonds. The highest BCUT2D eigenvalue weighted by Crippen LogP contribution is 2.35. The number of rotatable bonds is 4. The number of pyridine rings is 1. The van der Waals surface area contributed by atoms with Gasteiger partial charge in [0.2, 0.25) is 5.91 Å². The first-order chi connectivity index (χ1) is 18.0. The number of aromatic amines is 1. The number of nitrogens with zero attached hydrogens (tertiary/aromatic N) is 6. The number of halogens is 1. The first kappa shape index (κ1) is 21.7. The molecule has 37 heavy (non-hydrogen) atoms. The number of benzene rings is 2. The van der Waals surface area contributed by atoms with Crippen molar-refractivity contribution in [3.8, 4) is 28.1 Å². The molecule has 2 aliphatic rings. The van der Waals surface area contributed by atoms with Crippen LogP contribution in [0.1, 0.15) is 29.5 Å². The van der Waals surface area contributed by atoms with E-state index in [9.17, 15) is 9.59 Å². The van der Waals surface area contributed by atoms with Gasteiger partial charge in [-0.05, 0) is 70.8 Å². The molecule has 5 aromatic rings. The van der Waals surface area contributed by atoms with Crippen molar-refractivity contribution in [1.82, 2.24) is 34.7 Å². The number of aryl methyl sites for hydroxylation is 1. The summed E-state index contributed by atoms with van der Waals surface area (Å²) in [6.45, 7) is 0. The largest absolute Gasteiger partial charge is 0.346 e. The Balaban J connectivity index is 1.24. The molecular weight excluding hydrogens is 492 g/mol. The molecule has 0 fully saturated rings. The summed E-state index contributed by atoms with van der Waals surface area (Å²) in [7, 11) is 0. The molecule has 10 nitrogen and oxygen atoms in total. The third-order valence-electron chi connectivity index (χ3n) is 6.94. The van der Waals surface area contributed by atoms with Gasteiger partial charge >= 0.3 is 0 Å². The van der Waals surface area contributed by atoms with Crippen LogP contribution < -0.4 is 10.9 Å². The molecule has 182 valence electrons. The molecule has 1 unspecified atom stereocenters. The summed E-state index contributed by atoms with van der Waals surface area (Å²) in [5.74, 6) is 0.731. The number of anilines is 1. The maximum atomic E-state index is 13.4. The molecule has 1 atom stereocenters. The number of imidazole rings is 1. The monoisotopic (exact) mass is 510 g/mol. The highest BCUT2D eigenvalue weighted by molar-refractivity contribution is 6.31. The fourth-order valence-corrected chi connectivity index (χ4v) is 5.44. The Morgan fingerprint density at radius 1 is 1.03 bits per heavy atom. The van der Waals surface area contributed by atoms with Crippen molar-refractivity contribution < 1.29 is 4.79 Å². The molecule has 11 heteroatoms. The topological polar surface area (TPSA) is 123 Å². The summed E-state index contributed by atoms with van der Waals surface area (Å²) in [6, 6.07) is 14.7. The second-order valence-electron chi connectivity index (χ2n) is 9.18. The molecule has 7 rings (SSSR count). The number of aromatic nitrogens is 7. The molecular formula is C26H19ClN8O2. The molecule has 0 radical (unpaired) electrons. The molecule has 3 aromatic heterocycles. The second-order valence-corrected chi connectivity index (χ2v) is 9.62. The number of H-pyrrole nitrogens is 1. The second kappa shape index (κ2) is 8.24. The van der Waals surface area contributed by atoms with E-state index in [0.29, 0.717) is 11.4 Å². The van der Waals surface area contributed by atoms with Gasteiger partial charge < -0.3 is 14.9 Å². The lowest BCUT2D eigenvalue weighted by Gasteiger charge is -2.15. The quantitative estimate of drug-likeness (QED) is 0.381. The van der Waals surface area contributed by atoms with Crippen molar-refractivity contribution in [3.63, 3.8) is 0 Å². The zero-order valence-corrected chi connectivity index (χ0v) is 20.1. The summed E-state index contributed by atoms with van der Waals surface area (Å²) < 4.78 is 3.35. The van der Waals surface area contributed by atoms with Gasteiger partial charge in [-0.25, -0.2) is 4.98 Å². The first-order valence-corrected chi connectivity index (χ1v) is 12.2. The number of nitrogens with one attached hydrogen (secondary N) is 2. The molecule has 0 saturated heterocycles. The molecule has 0 aliphatic carbocycles. The van der Waals surface area contributed by atoms with E-state index in [2.05, 4.69) is 25.8 Å². The molecule has 5 heterocycles. The Morgan fingerprint density at radius 3 is 2.81 bits per heavy atom. The zero-order chi connectivity index (χ0) is 25.1. The van der Waals surface area contributed by atoms with Crippen LogP contribution in [-0.4, -0.2) is 40.6 Å². The maximum absolute atomic E-state index is 13.4. The lowest BCUT2D eigenvalue weighted by Crippen LogP contribution is -2.23. The highest BCUT2D eigenvalue weighted by atomic mass is 35.5. The molecule has 0 bridgehead atoms. The van der Waals surface area contributed by atoms with E-state index in [1.165, 1.54) is 6.33 Å². The summed E-state index contributed by atoms with van der Waals surface area (Å²) in [5.41, 5.74) is 6.58. The first-order valence-electron chi connectivity index (χ1n) is 11.8. The van der Waals surface area contributed by atoms with E-state index < -0.39 is 0 Å². The van der Waals surface area contributed by atoms with Crippen molar-refractivity contribution in [2.24, 2.45) is 0 Å². The van der Waals surface area contributed by atoms with Gasteiger partial charge in [0, 0.05) is 39.8 Å². The fourth-order valence-electron chi connectivity index (χ4n) is 5.26. The summed E-state index contributed by atoms with van der Waals surface area (Å²) in [4.78, 5) is 33.2. The van der Waals surface area contributed by atoms with Crippen LogP contribution in [0.15, 0.2) is 65.8 Å². The Kier molecular flexibility index (Phi) is 4.83. The van der Waals surface area contributed by atoms with Crippen molar-refractivity contribution in [1.29, 1.82) is 0 Å². The normalized spacial score (nSPS) is 16.0. The lowest BCUT2D eigenvalue weighted by molar-refractivity contribution is -0.115. The number of amides is 1. The van der Waals surface area contributed by atoms with E-state index in [0.717, 1.165) is 63.7 Å². The van der Waals surface area contributed by atoms with Crippen LogP contribution in [0, 0.1) is 0 Å². The third kappa shape index (κ3) is 3.64. The van der Waals surface area contributed by atoms with Crippen LogP contribution in [0.5, 0.6) is 0 Å². The van der Waals surface area contributed by atoms with E-state index >= 15 is 0 Å². The van der Waals surface area contributed by atoms with Crippen LogP contribution in [0.2, 0.25) is 5.02 Å². The Labute approximate surface area is 214 Å². The average Bonchev–Trinajstić information content (AvgIpc) is 3.69. The maximum Gasteiger partial charge on any atom is 0.252 e. The molecule has 0 saturated carbocycles. The summed E-state index contributed by atoms with van der Waals surface area (Å²) in [5, 5.41) is 14.8. The smallest absolute Gasteiger partial charge is 0.252 e. The number of hydrogen-bond acceptors (Lipinski definition) is 6. The van der Waals surface area contributed by atoms with Crippen LogP contribution >= 0.6 is 11.6 Å². The Hall–Kier alpha value is -4.57. The Bertz CT molecular complexity index is 1750. The Morgan fingerprint density at radius 2 is 1.95 bits per heavy atom. The minimum Gasteiger partial charge on any atom is -0.346 e. The number of tetrazole rings is 1. The average molecular weight is 511 g/mol. The molecule has 2 aromatic carbocycles. The van der Waals surface area contributed by atoms with Gasteiger partial charge in [-0.2, -0.15) is 4.68 Å². The summed E-state index contributed by atoms with van der Waals surface area (Å²) in [6.07, 6.45) is 5.21. The SMILES string of the molecule is O=C1Cc2cc(-c3c[nH]c(C4CCc5cc(-c6cc(Cl)ccc6-n6cnnn6)cc(=O)n54)n3)ccc2N1. The standard InChI is InChI=1S/C26H19ClN8O2/c27-17-2-5-22(34-13-29-32-33-34)19(11-17)15-8-18-3-6-23(35(18)25(37)10-15)26-28-12-21(31-26)14-1-4-20-16(7-14)9-24(36)30-20/h1-2,4-5,7-8,10-13,23H,3,6,9H2,(H,28,31)(H,30,36).